The minimum Gasteiger partial charge on any atom is -0.755 e. The number of fused-ring (bicyclic) bond motifs is 2. The van der Waals surface area contributed by atoms with Crippen LogP contribution in [-0.4, -0.2) is 27.4 Å². The van der Waals surface area contributed by atoms with E-state index in [1.807, 2.05) is 36.5 Å². The summed E-state index contributed by atoms with van der Waals surface area (Å²) in [4.78, 5) is 6.82. The number of nitrogens with one attached hydrogen (secondary N) is 1. The molecule has 0 radical (unpaired) electrons. The molecule has 2 aromatic carbocycles. The van der Waals surface area contributed by atoms with Gasteiger partial charge in [0.15, 0.2) is 0 Å². The summed E-state index contributed by atoms with van der Waals surface area (Å²) in [6, 6.07) is 11.6. The molecule has 26 heavy (non-hydrogen) atoms. The molecule has 0 fully saturated rings. The van der Waals surface area contributed by atoms with Crippen molar-refractivity contribution in [3.05, 3.63) is 53.7 Å². The first-order valence-electron chi connectivity index (χ1n) is 8.26. The molecule has 3 aromatic rings. The lowest BCUT2D eigenvalue weighted by Gasteiger charge is -2.24. The largest absolute Gasteiger partial charge is 0.755 e. The van der Waals surface area contributed by atoms with Gasteiger partial charge in [-0.2, -0.15) is 0 Å². The topological polar surface area (TPSA) is 77.5 Å². The van der Waals surface area contributed by atoms with Crippen molar-refractivity contribution in [2.75, 3.05) is 23.3 Å². The Morgan fingerprint density at radius 3 is 2.88 bits per heavy atom. The lowest BCUT2D eigenvalue weighted by Crippen LogP contribution is -2.15. The second-order valence-electron chi connectivity index (χ2n) is 6.25. The highest BCUT2D eigenvalue weighted by atomic mass is 32.2. The second-order valence-corrected chi connectivity index (χ2v) is 6.93. The SMILES string of the molecule is COc1ccc2c(N3CCc4cc(NS(=O)[O-])ccc43)c(C)cnc2c1. The van der Waals surface area contributed by atoms with Gasteiger partial charge in [0.05, 0.1) is 18.3 Å². The first-order valence-corrected chi connectivity index (χ1v) is 9.34. The molecule has 4 rings (SSSR count). The first-order chi connectivity index (χ1) is 12.6. The maximum absolute atomic E-state index is 10.9. The molecule has 134 valence electrons. The van der Waals surface area contributed by atoms with Crippen molar-refractivity contribution in [3.8, 4) is 5.75 Å². The Morgan fingerprint density at radius 2 is 2.12 bits per heavy atom. The molecular weight excluding hydrogens is 350 g/mol. The summed E-state index contributed by atoms with van der Waals surface area (Å²) in [5, 5.41) is 1.07. The van der Waals surface area contributed by atoms with E-state index in [0.29, 0.717) is 5.69 Å². The zero-order valence-electron chi connectivity index (χ0n) is 14.5. The van der Waals surface area contributed by atoms with E-state index in [4.69, 9.17) is 4.74 Å². The monoisotopic (exact) mass is 368 g/mol. The van der Waals surface area contributed by atoms with Crippen LogP contribution in [0.1, 0.15) is 11.1 Å². The van der Waals surface area contributed by atoms with E-state index in [1.54, 1.807) is 13.2 Å². The number of aromatic nitrogens is 1. The van der Waals surface area contributed by atoms with Crippen LogP contribution in [-0.2, 0) is 17.7 Å². The molecule has 1 aliphatic rings. The third-order valence-corrected chi connectivity index (χ3v) is 5.08. The molecule has 0 saturated carbocycles. The highest BCUT2D eigenvalue weighted by Crippen LogP contribution is 2.41. The molecule has 0 aliphatic carbocycles. The summed E-state index contributed by atoms with van der Waals surface area (Å²) in [6.45, 7) is 2.89. The molecule has 6 nitrogen and oxygen atoms in total. The Morgan fingerprint density at radius 1 is 1.27 bits per heavy atom. The van der Waals surface area contributed by atoms with Crippen molar-refractivity contribution < 1.29 is 13.5 Å². The number of benzene rings is 2. The fourth-order valence-corrected chi connectivity index (χ4v) is 3.86. The molecule has 0 amide bonds. The van der Waals surface area contributed by atoms with Crippen LogP contribution in [0, 0.1) is 6.92 Å². The van der Waals surface area contributed by atoms with Crippen molar-refractivity contribution in [1.29, 1.82) is 0 Å². The van der Waals surface area contributed by atoms with Gasteiger partial charge in [-0.1, -0.05) is 0 Å². The second kappa shape index (κ2) is 6.59. The smallest absolute Gasteiger partial charge is 0.121 e. The van der Waals surface area contributed by atoms with Crippen molar-refractivity contribution >= 4 is 39.2 Å². The predicted molar refractivity (Wildman–Crippen MR) is 103 cm³/mol. The van der Waals surface area contributed by atoms with Gasteiger partial charge in [-0.3, -0.25) is 9.19 Å². The number of anilines is 3. The van der Waals surface area contributed by atoms with E-state index in [9.17, 15) is 8.76 Å². The summed E-state index contributed by atoms with van der Waals surface area (Å²) in [5.41, 5.74) is 5.92. The van der Waals surface area contributed by atoms with Crippen LogP contribution in [0.5, 0.6) is 5.75 Å². The molecule has 1 aliphatic heterocycles. The normalized spacial score (nSPS) is 14.3. The van der Waals surface area contributed by atoms with E-state index in [0.717, 1.165) is 52.1 Å². The van der Waals surface area contributed by atoms with Gasteiger partial charge in [0, 0.05) is 46.8 Å². The van der Waals surface area contributed by atoms with Crippen LogP contribution in [0.15, 0.2) is 42.6 Å². The molecule has 1 N–H and O–H groups in total. The van der Waals surface area contributed by atoms with Gasteiger partial charge in [-0.05, 0) is 54.8 Å². The minimum atomic E-state index is -2.32. The summed E-state index contributed by atoms with van der Waals surface area (Å²) in [7, 11) is 1.65. The molecule has 0 saturated heterocycles. The number of rotatable bonds is 4. The first kappa shape index (κ1) is 16.8. The average Bonchev–Trinajstić information content (AvgIpc) is 3.03. The molecule has 7 heteroatoms. The third-order valence-electron chi connectivity index (χ3n) is 4.68. The average molecular weight is 368 g/mol. The van der Waals surface area contributed by atoms with E-state index >= 15 is 0 Å². The fraction of sp³-hybridized carbons (Fsp3) is 0.211. The van der Waals surface area contributed by atoms with Crippen molar-refractivity contribution in [2.45, 2.75) is 13.3 Å². The maximum Gasteiger partial charge on any atom is 0.121 e. The lowest BCUT2D eigenvalue weighted by molar-refractivity contribution is 0.415. The lowest BCUT2D eigenvalue weighted by atomic mass is 10.1. The maximum atomic E-state index is 10.9. The molecule has 1 aromatic heterocycles. The number of methoxy groups -OCH3 is 1. The van der Waals surface area contributed by atoms with E-state index in [2.05, 4.69) is 21.5 Å². The van der Waals surface area contributed by atoms with Crippen LogP contribution in [0.4, 0.5) is 17.1 Å². The number of aryl methyl sites for hydroxylation is 1. The third kappa shape index (κ3) is 2.89. The van der Waals surface area contributed by atoms with E-state index in [1.165, 1.54) is 0 Å². The number of ether oxygens (including phenoxy) is 1. The molecule has 1 unspecified atom stereocenters. The Bertz CT molecular complexity index is 1020. The highest BCUT2D eigenvalue weighted by molar-refractivity contribution is 7.80. The van der Waals surface area contributed by atoms with Crippen molar-refractivity contribution in [1.82, 2.24) is 4.98 Å². The summed E-state index contributed by atoms with van der Waals surface area (Å²) in [5.74, 6) is 0.781. The van der Waals surface area contributed by atoms with E-state index in [-0.39, 0.29) is 0 Å². The predicted octanol–water partition coefficient (Wildman–Crippen LogP) is 3.45. The molecular formula is C19H18N3O3S-. The van der Waals surface area contributed by atoms with Crippen LogP contribution >= 0.6 is 0 Å². The standard InChI is InChI=1S/C19H19N3O3S/c1-12-11-20-17-10-15(25-2)4-5-16(17)19(12)22-8-7-13-9-14(21-26(23)24)3-6-18(13)22/h3-6,9-11,21H,7-8H2,1-2H3,(H,23,24)/p-1. The molecule has 1 atom stereocenters. The number of pyridine rings is 1. The Balaban J connectivity index is 1.81. The zero-order chi connectivity index (χ0) is 18.3. The van der Waals surface area contributed by atoms with Gasteiger partial charge in [0.1, 0.15) is 5.75 Å². The van der Waals surface area contributed by atoms with Gasteiger partial charge >= 0.3 is 0 Å². The molecule has 2 heterocycles. The van der Waals surface area contributed by atoms with Crippen molar-refractivity contribution in [3.63, 3.8) is 0 Å². The molecule has 0 bridgehead atoms. The van der Waals surface area contributed by atoms with Crippen molar-refractivity contribution in [2.24, 2.45) is 0 Å². The van der Waals surface area contributed by atoms with Crippen LogP contribution in [0.25, 0.3) is 10.9 Å². The van der Waals surface area contributed by atoms with Gasteiger partial charge in [-0.15, -0.1) is 0 Å². The van der Waals surface area contributed by atoms with E-state index < -0.39 is 11.3 Å². The van der Waals surface area contributed by atoms with Crippen LogP contribution in [0.3, 0.4) is 0 Å². The number of nitrogens with zero attached hydrogens (tertiary/aromatic N) is 2. The Hall–Kier alpha value is -2.64. The van der Waals surface area contributed by atoms with Crippen LogP contribution < -0.4 is 14.4 Å². The van der Waals surface area contributed by atoms with Gasteiger partial charge < -0.3 is 18.9 Å². The van der Waals surface area contributed by atoms with Gasteiger partial charge in [0.25, 0.3) is 0 Å². The summed E-state index contributed by atoms with van der Waals surface area (Å²) < 4.78 is 29.4. The van der Waals surface area contributed by atoms with Gasteiger partial charge in [0.2, 0.25) is 0 Å². The minimum absolute atomic E-state index is 0.583. The number of hydrogen-bond acceptors (Lipinski definition) is 5. The Labute approximate surface area is 154 Å². The quantitative estimate of drug-likeness (QED) is 0.714. The highest BCUT2D eigenvalue weighted by Gasteiger charge is 2.24. The summed E-state index contributed by atoms with van der Waals surface area (Å²) in [6.07, 6.45) is 2.74. The van der Waals surface area contributed by atoms with Gasteiger partial charge in [-0.25, -0.2) is 0 Å². The number of hydrogen-bond donors (Lipinski definition) is 1. The fourth-order valence-electron chi connectivity index (χ4n) is 3.54. The Kier molecular flexibility index (Phi) is 4.26. The molecule has 0 spiro atoms. The van der Waals surface area contributed by atoms with Crippen LogP contribution in [0.2, 0.25) is 0 Å². The summed E-state index contributed by atoms with van der Waals surface area (Å²) >= 11 is -2.32. The zero-order valence-corrected chi connectivity index (χ0v) is 15.3.